The third kappa shape index (κ3) is 5.89. The summed E-state index contributed by atoms with van der Waals surface area (Å²) >= 11 is 7.02. The van der Waals surface area contributed by atoms with Crippen LogP contribution in [0.25, 0.3) is 10.9 Å². The minimum Gasteiger partial charge on any atom is -0.488 e. The first kappa shape index (κ1) is 26.3. The van der Waals surface area contributed by atoms with E-state index in [0.29, 0.717) is 29.1 Å². The summed E-state index contributed by atoms with van der Waals surface area (Å²) in [5, 5.41) is 14.2. The molecule has 1 aliphatic carbocycles. The maximum absolute atomic E-state index is 13.5. The number of carboxylic acid groups (broad SMARTS) is 1. The van der Waals surface area contributed by atoms with Gasteiger partial charge in [0.25, 0.3) is 5.56 Å². The summed E-state index contributed by atoms with van der Waals surface area (Å²) in [4.78, 5) is 29.4. The van der Waals surface area contributed by atoms with Crippen LogP contribution >= 0.6 is 31.9 Å². The summed E-state index contributed by atoms with van der Waals surface area (Å²) in [6.45, 7) is 0.296. The van der Waals surface area contributed by atoms with Gasteiger partial charge in [-0.2, -0.15) is 9.78 Å². The second kappa shape index (κ2) is 11.6. The summed E-state index contributed by atoms with van der Waals surface area (Å²) in [5.74, 6) is 0.599. The predicted octanol–water partition coefficient (Wildman–Crippen LogP) is 7.13. The van der Waals surface area contributed by atoms with E-state index in [4.69, 9.17) is 14.8 Å². The Bertz CT molecular complexity index is 1580. The van der Waals surface area contributed by atoms with Gasteiger partial charge >= 0.3 is 5.97 Å². The molecule has 0 atom stereocenters. The van der Waals surface area contributed by atoms with Crippen molar-refractivity contribution in [3.8, 4) is 5.75 Å². The van der Waals surface area contributed by atoms with Crippen LogP contribution in [0.3, 0.4) is 0 Å². The van der Waals surface area contributed by atoms with Crippen LogP contribution in [0.2, 0.25) is 0 Å². The Hall–Kier alpha value is -3.30. The molecule has 5 rings (SSSR count). The molecule has 0 aliphatic heterocycles. The monoisotopic (exact) mass is 637 g/mol. The third-order valence-electron chi connectivity index (χ3n) is 6.68. The molecule has 7 nitrogen and oxygen atoms in total. The van der Waals surface area contributed by atoms with E-state index in [9.17, 15) is 9.59 Å². The number of hydrogen-bond acceptors (Lipinski definition) is 5. The third-order valence-corrected chi connectivity index (χ3v) is 7.79. The van der Waals surface area contributed by atoms with E-state index in [1.807, 2.05) is 30.3 Å². The lowest BCUT2D eigenvalue weighted by Gasteiger charge is -2.22. The van der Waals surface area contributed by atoms with Gasteiger partial charge in [-0.15, -0.1) is 0 Å². The molecule has 3 aromatic carbocycles. The molecule has 1 N–H and O–H groups in total. The molecule has 0 radical (unpaired) electrons. The number of carboxylic acids is 1. The van der Waals surface area contributed by atoms with Crippen LogP contribution in [0.4, 0.5) is 0 Å². The molecule has 1 aromatic heterocycles. The lowest BCUT2D eigenvalue weighted by atomic mass is 9.88. The normalized spacial score (nSPS) is 14.3. The fraction of sp³-hybridized carbons (Fsp3) is 0.241. The second-order valence-electron chi connectivity index (χ2n) is 9.31. The number of halogens is 2. The maximum Gasteiger partial charge on any atom is 0.335 e. The highest BCUT2D eigenvalue weighted by atomic mass is 79.9. The SMILES string of the molecule is O=C(O)c1ccc(COc2ccc(C=Nn3c(C4CCCCC4)nc4ccc(Br)cc4c3=O)cc2Br)cc1. The van der Waals surface area contributed by atoms with Gasteiger partial charge in [-0.25, -0.2) is 9.78 Å². The summed E-state index contributed by atoms with van der Waals surface area (Å²) in [6.07, 6.45) is 7.13. The zero-order chi connectivity index (χ0) is 26.6. The largest absolute Gasteiger partial charge is 0.488 e. The number of ether oxygens (including phenoxy) is 1. The predicted molar refractivity (Wildman–Crippen MR) is 154 cm³/mol. The van der Waals surface area contributed by atoms with Crippen LogP contribution < -0.4 is 10.3 Å². The molecule has 1 heterocycles. The fourth-order valence-corrected chi connectivity index (χ4v) is 5.52. The van der Waals surface area contributed by atoms with Crippen LogP contribution in [-0.4, -0.2) is 27.0 Å². The minimum absolute atomic E-state index is 0.180. The molecule has 9 heteroatoms. The highest BCUT2D eigenvalue weighted by molar-refractivity contribution is 9.10. The zero-order valence-corrected chi connectivity index (χ0v) is 23.6. The van der Waals surface area contributed by atoms with Gasteiger partial charge in [0.05, 0.1) is 27.2 Å². The molecule has 38 heavy (non-hydrogen) atoms. The molecule has 0 bridgehead atoms. The van der Waals surface area contributed by atoms with Crippen molar-refractivity contribution in [3.05, 3.63) is 102 Å². The van der Waals surface area contributed by atoms with Gasteiger partial charge in [0.2, 0.25) is 0 Å². The highest BCUT2D eigenvalue weighted by Gasteiger charge is 2.22. The van der Waals surface area contributed by atoms with Crippen molar-refractivity contribution in [1.29, 1.82) is 0 Å². The molecule has 194 valence electrons. The van der Waals surface area contributed by atoms with Crippen molar-refractivity contribution >= 4 is 54.9 Å². The van der Waals surface area contributed by atoms with Crippen LogP contribution in [0, 0.1) is 0 Å². The lowest BCUT2D eigenvalue weighted by Crippen LogP contribution is -2.25. The Morgan fingerprint density at radius 3 is 2.53 bits per heavy atom. The first-order valence-corrected chi connectivity index (χ1v) is 14.0. The molecule has 1 saturated carbocycles. The van der Waals surface area contributed by atoms with Crippen LogP contribution in [0.15, 0.2) is 79.5 Å². The van der Waals surface area contributed by atoms with Crippen molar-refractivity contribution < 1.29 is 14.6 Å². The smallest absolute Gasteiger partial charge is 0.335 e. The van der Waals surface area contributed by atoms with Gasteiger partial charge in [-0.3, -0.25) is 4.79 Å². The average molecular weight is 639 g/mol. The molecule has 0 spiro atoms. The van der Waals surface area contributed by atoms with Gasteiger partial charge in [-0.05, 0) is 88.4 Å². The van der Waals surface area contributed by atoms with E-state index in [1.165, 1.54) is 11.1 Å². The summed E-state index contributed by atoms with van der Waals surface area (Å²) in [5.41, 5.74) is 2.40. The fourth-order valence-electron chi connectivity index (χ4n) is 4.65. The van der Waals surface area contributed by atoms with Gasteiger partial charge in [0.15, 0.2) is 0 Å². The summed E-state index contributed by atoms with van der Waals surface area (Å²) < 4.78 is 8.93. The maximum atomic E-state index is 13.5. The Kier molecular flexibility index (Phi) is 8.04. The minimum atomic E-state index is -0.960. The highest BCUT2D eigenvalue weighted by Crippen LogP contribution is 2.32. The molecule has 0 saturated heterocycles. The number of aromatic nitrogens is 2. The zero-order valence-electron chi connectivity index (χ0n) is 20.4. The van der Waals surface area contributed by atoms with E-state index in [1.54, 1.807) is 36.5 Å². The van der Waals surface area contributed by atoms with Crippen LogP contribution in [0.1, 0.15) is 65.3 Å². The van der Waals surface area contributed by atoms with Gasteiger partial charge in [-0.1, -0.05) is 47.3 Å². The van der Waals surface area contributed by atoms with Crippen LogP contribution in [-0.2, 0) is 6.61 Å². The number of aromatic carboxylic acids is 1. The molecule has 0 amide bonds. The van der Waals surface area contributed by atoms with Crippen molar-refractivity contribution in [2.24, 2.45) is 5.10 Å². The van der Waals surface area contributed by atoms with E-state index in [2.05, 4.69) is 37.0 Å². The van der Waals surface area contributed by atoms with Crippen LogP contribution in [0.5, 0.6) is 5.75 Å². The molecule has 1 aliphatic rings. The van der Waals surface area contributed by atoms with Crippen molar-refractivity contribution in [3.63, 3.8) is 0 Å². The van der Waals surface area contributed by atoms with Crippen molar-refractivity contribution in [1.82, 2.24) is 9.66 Å². The van der Waals surface area contributed by atoms with E-state index < -0.39 is 5.97 Å². The Morgan fingerprint density at radius 2 is 1.82 bits per heavy atom. The van der Waals surface area contributed by atoms with Crippen molar-refractivity contribution in [2.75, 3.05) is 0 Å². The topological polar surface area (TPSA) is 93.8 Å². The first-order chi connectivity index (χ1) is 18.4. The average Bonchev–Trinajstić information content (AvgIpc) is 2.93. The number of nitrogens with zero attached hydrogens (tertiary/aromatic N) is 3. The molecular weight excluding hydrogens is 614 g/mol. The van der Waals surface area contributed by atoms with E-state index in [0.717, 1.165) is 45.8 Å². The number of benzene rings is 3. The van der Waals surface area contributed by atoms with Gasteiger partial charge < -0.3 is 9.84 Å². The van der Waals surface area contributed by atoms with E-state index in [-0.39, 0.29) is 17.0 Å². The standard InChI is InChI=1S/C29H25Br2N3O4/c30-22-11-12-25-23(15-22)28(35)34(27(33-25)20-4-2-1-3-5-20)32-16-19-8-13-26(24(31)14-19)38-17-18-6-9-21(10-7-18)29(36)37/h6-16,20H,1-5,17H2,(H,36,37). The number of rotatable bonds is 7. The number of carbonyl (C=O) groups is 1. The quantitative estimate of drug-likeness (QED) is 0.217. The Morgan fingerprint density at radius 1 is 1.05 bits per heavy atom. The molecular formula is C29H25Br2N3O4. The van der Waals surface area contributed by atoms with Crippen molar-refractivity contribution in [2.45, 2.75) is 44.6 Å². The Balaban J connectivity index is 1.39. The second-order valence-corrected chi connectivity index (χ2v) is 11.1. The van der Waals surface area contributed by atoms with E-state index >= 15 is 0 Å². The Labute approximate surface area is 236 Å². The number of hydrogen-bond donors (Lipinski definition) is 1. The molecule has 1 fully saturated rings. The van der Waals surface area contributed by atoms with Gasteiger partial charge in [0.1, 0.15) is 18.2 Å². The number of fused-ring (bicyclic) bond motifs is 1. The van der Waals surface area contributed by atoms with Gasteiger partial charge in [0, 0.05) is 10.4 Å². The summed E-state index contributed by atoms with van der Waals surface area (Å²) in [7, 11) is 0. The molecule has 0 unspecified atom stereocenters. The molecule has 4 aromatic rings. The first-order valence-electron chi connectivity index (χ1n) is 12.4. The lowest BCUT2D eigenvalue weighted by molar-refractivity contribution is 0.0697. The summed E-state index contributed by atoms with van der Waals surface area (Å²) in [6, 6.07) is 17.7.